The summed E-state index contributed by atoms with van der Waals surface area (Å²) in [6, 6.07) is 0. The Kier molecular flexibility index (Phi) is 5.28. The van der Waals surface area contributed by atoms with Crippen molar-refractivity contribution in [2.24, 2.45) is 0 Å². The van der Waals surface area contributed by atoms with Gasteiger partial charge in [0.2, 0.25) is 0 Å². The third kappa shape index (κ3) is 31.1. The molecule has 2 N–H and O–H groups in total. The van der Waals surface area contributed by atoms with Gasteiger partial charge in [0, 0.05) is 13.1 Å². The normalized spacial score (nSPS) is 16.8. The predicted octanol–water partition coefficient (Wildman–Crippen LogP) is -0.760. The first-order valence-electron chi connectivity index (χ1n) is 1.70. The number of hydrogen-bond donors (Lipinski definition) is 2. The number of rotatable bonds is 0. The standard InChI is InChI=1S/C2H5N.H3O2P/c1-2-3-1;1-3-2/h3H,1-2H2;3H2,(H,1,2). The summed E-state index contributed by atoms with van der Waals surface area (Å²) in [5.74, 6) is 0. The van der Waals surface area contributed by atoms with Crippen LogP contribution in [0.5, 0.6) is 0 Å². The van der Waals surface area contributed by atoms with Crippen LogP contribution in [-0.4, -0.2) is 18.0 Å². The van der Waals surface area contributed by atoms with Crippen molar-refractivity contribution in [1.82, 2.24) is 5.32 Å². The van der Waals surface area contributed by atoms with E-state index in [2.05, 4.69) is 5.32 Å². The third-order valence-corrected chi connectivity index (χ3v) is 0.250. The number of nitrogens with one attached hydrogen (secondary N) is 1. The third-order valence-electron chi connectivity index (χ3n) is 0.250. The van der Waals surface area contributed by atoms with Gasteiger partial charge in [-0.25, -0.2) is 0 Å². The van der Waals surface area contributed by atoms with Gasteiger partial charge < -0.3 is 10.2 Å². The molecule has 38 valence electrons. The van der Waals surface area contributed by atoms with E-state index in [4.69, 9.17) is 9.46 Å². The van der Waals surface area contributed by atoms with Crippen LogP contribution >= 0.6 is 8.69 Å². The fourth-order valence-corrected chi connectivity index (χ4v) is 0. The molecule has 0 saturated carbocycles. The van der Waals surface area contributed by atoms with Crippen LogP contribution in [0.4, 0.5) is 0 Å². The Hall–Kier alpha value is 0.150. The van der Waals surface area contributed by atoms with Crippen LogP contribution in [-0.2, 0) is 4.57 Å². The van der Waals surface area contributed by atoms with E-state index >= 15 is 0 Å². The van der Waals surface area contributed by atoms with Gasteiger partial charge in [0.05, 0.1) is 0 Å². The molecule has 0 aliphatic carbocycles. The van der Waals surface area contributed by atoms with Gasteiger partial charge in [-0.1, -0.05) is 0 Å². The topological polar surface area (TPSA) is 59.2 Å². The molecule has 0 aromatic rings. The first kappa shape index (κ1) is 6.15. The van der Waals surface area contributed by atoms with E-state index in [-0.39, 0.29) is 0 Å². The summed E-state index contributed by atoms with van der Waals surface area (Å²) in [5.41, 5.74) is 0. The SMILES string of the molecule is C1CN1.O=[PH2]O. The molecule has 0 bridgehead atoms. The van der Waals surface area contributed by atoms with Gasteiger partial charge in [0.25, 0.3) is 0 Å². The largest absolute Gasteiger partial charge is 0.348 e. The van der Waals surface area contributed by atoms with Crippen LogP contribution in [0.15, 0.2) is 0 Å². The molecular formula is C2H8NO2P. The average Bonchev–Trinajstić information content (AvgIpc) is 2.11. The van der Waals surface area contributed by atoms with E-state index in [1.807, 2.05) is 0 Å². The maximum absolute atomic E-state index is 8.57. The van der Waals surface area contributed by atoms with E-state index in [0.717, 1.165) is 0 Å². The molecule has 1 heterocycles. The molecule has 0 aromatic heterocycles. The molecule has 0 spiro atoms. The maximum Gasteiger partial charge on any atom is 0.177 e. The zero-order valence-corrected chi connectivity index (χ0v) is 4.50. The minimum atomic E-state index is -1.50. The van der Waals surface area contributed by atoms with Gasteiger partial charge in [-0.2, -0.15) is 0 Å². The molecule has 0 amide bonds. The molecule has 0 radical (unpaired) electrons. The summed E-state index contributed by atoms with van der Waals surface area (Å²) in [7, 11) is -1.50. The second-order valence-corrected chi connectivity index (χ2v) is 1.07. The molecule has 3 nitrogen and oxygen atoms in total. The fourth-order valence-electron chi connectivity index (χ4n) is 0. The molecule has 1 fully saturated rings. The Balaban J connectivity index is 0.0000000833. The molecule has 6 heavy (non-hydrogen) atoms. The summed E-state index contributed by atoms with van der Waals surface area (Å²) < 4.78 is 8.57. The lowest BCUT2D eigenvalue weighted by Crippen LogP contribution is -1.56. The van der Waals surface area contributed by atoms with Crippen molar-refractivity contribution in [3.05, 3.63) is 0 Å². The van der Waals surface area contributed by atoms with Crippen molar-refractivity contribution in [3.63, 3.8) is 0 Å². The Morgan fingerprint density at radius 3 is 1.83 bits per heavy atom. The first-order chi connectivity index (χ1) is 2.91. The molecule has 1 saturated heterocycles. The highest BCUT2D eigenvalue weighted by Crippen LogP contribution is 1.66. The zero-order valence-electron chi connectivity index (χ0n) is 3.35. The molecule has 1 rings (SSSR count). The van der Waals surface area contributed by atoms with Crippen LogP contribution in [0.3, 0.4) is 0 Å². The second kappa shape index (κ2) is 5.15. The summed E-state index contributed by atoms with van der Waals surface area (Å²) in [6.45, 7) is 2.50. The van der Waals surface area contributed by atoms with Crippen molar-refractivity contribution in [2.45, 2.75) is 0 Å². The van der Waals surface area contributed by atoms with Crippen LogP contribution < -0.4 is 5.32 Å². The van der Waals surface area contributed by atoms with Gasteiger partial charge in [-0.05, 0) is 0 Å². The summed E-state index contributed by atoms with van der Waals surface area (Å²) >= 11 is 0. The molecule has 1 unspecified atom stereocenters. The number of hydrogen-bond acceptors (Lipinski definition) is 2. The van der Waals surface area contributed by atoms with E-state index in [1.165, 1.54) is 13.1 Å². The first-order valence-corrected chi connectivity index (χ1v) is 2.69. The summed E-state index contributed by atoms with van der Waals surface area (Å²) in [5, 5.41) is 3.00. The molecule has 1 atom stereocenters. The molecule has 0 aromatic carbocycles. The smallest absolute Gasteiger partial charge is 0.177 e. The molecular weight excluding hydrogens is 101 g/mol. The van der Waals surface area contributed by atoms with Gasteiger partial charge in [0.1, 0.15) is 0 Å². The lowest BCUT2D eigenvalue weighted by Gasteiger charge is -1.33. The monoisotopic (exact) mass is 109 g/mol. The van der Waals surface area contributed by atoms with Crippen molar-refractivity contribution in [1.29, 1.82) is 0 Å². The van der Waals surface area contributed by atoms with Crippen molar-refractivity contribution in [2.75, 3.05) is 13.1 Å². The van der Waals surface area contributed by atoms with Gasteiger partial charge >= 0.3 is 0 Å². The van der Waals surface area contributed by atoms with E-state index in [1.54, 1.807) is 0 Å². The van der Waals surface area contributed by atoms with Gasteiger partial charge in [0.15, 0.2) is 8.69 Å². The highest BCUT2D eigenvalue weighted by atomic mass is 31.1. The van der Waals surface area contributed by atoms with Crippen molar-refractivity contribution in [3.8, 4) is 0 Å². The maximum atomic E-state index is 8.57. The predicted molar refractivity (Wildman–Crippen MR) is 25.5 cm³/mol. The minimum Gasteiger partial charge on any atom is -0.348 e. The van der Waals surface area contributed by atoms with E-state index in [9.17, 15) is 0 Å². The highest BCUT2D eigenvalue weighted by Gasteiger charge is 1.91. The van der Waals surface area contributed by atoms with E-state index < -0.39 is 8.69 Å². The molecule has 4 heteroatoms. The minimum absolute atomic E-state index is 1.25. The van der Waals surface area contributed by atoms with Crippen molar-refractivity contribution < 1.29 is 9.46 Å². The molecule has 1 aliphatic heterocycles. The van der Waals surface area contributed by atoms with E-state index in [0.29, 0.717) is 0 Å². The summed E-state index contributed by atoms with van der Waals surface area (Å²) in [4.78, 5) is 7.10. The van der Waals surface area contributed by atoms with Crippen LogP contribution in [0.25, 0.3) is 0 Å². The Morgan fingerprint density at radius 2 is 1.83 bits per heavy atom. The lowest BCUT2D eigenvalue weighted by atomic mass is 11.0. The Bertz CT molecular complexity index is 35.8. The van der Waals surface area contributed by atoms with Crippen LogP contribution in [0.2, 0.25) is 0 Å². The quantitative estimate of drug-likeness (QED) is 0.317. The lowest BCUT2D eigenvalue weighted by molar-refractivity contribution is 0.524. The highest BCUT2D eigenvalue weighted by molar-refractivity contribution is 7.16. The zero-order chi connectivity index (χ0) is 4.83. The van der Waals surface area contributed by atoms with Crippen molar-refractivity contribution >= 4 is 8.69 Å². The van der Waals surface area contributed by atoms with Gasteiger partial charge in [-0.15, -0.1) is 0 Å². The average molecular weight is 109 g/mol. The second-order valence-electron chi connectivity index (χ2n) is 0.855. The fraction of sp³-hybridized carbons (Fsp3) is 1.00. The van der Waals surface area contributed by atoms with Gasteiger partial charge in [-0.3, -0.25) is 4.57 Å². The van der Waals surface area contributed by atoms with Crippen LogP contribution in [0, 0.1) is 0 Å². The van der Waals surface area contributed by atoms with Crippen LogP contribution in [0.1, 0.15) is 0 Å². The molecule has 1 aliphatic rings. The Labute approximate surface area is 37.7 Å². The summed E-state index contributed by atoms with van der Waals surface area (Å²) in [6.07, 6.45) is 0. The Morgan fingerprint density at radius 1 is 1.67 bits per heavy atom.